The summed E-state index contributed by atoms with van der Waals surface area (Å²) in [6.45, 7) is 20.5. The summed E-state index contributed by atoms with van der Waals surface area (Å²) >= 11 is 3.82. The number of hydrogen-bond acceptors (Lipinski definition) is 24. The molecule has 660 valence electrons. The standard InChI is InChI=1S/C78H132N18O18S3/c1-55-37-70(106)88(43-55)25-13-79-64(100)7-19-85(20-8-65(101)80-14-26-89-44-56(2)38-71(89)107)31-34-115-52-61(97)49-94-76(112)95(50-62(98)53-116-35-32-86(21-9-66(102)81-15-27-90-45-57(3)39-72(90)108)22-10-67(103)82-16-28-91-46-58(4)40-73(91)109)78(114)96(77(94)113)51-63(99)54-117-36-33-87(23-11-68(104)83-17-29-92-47-59(5)41-74(92)110)24-12-69(105)84-18-30-93-48-60(6)42-75(93)111/h55-63,97-99H,7-54H2,1-6H3,(H,79,100)(H,80,101)(H,81,102)(H,82,103)(H,83,104)(H,84,105). The highest BCUT2D eigenvalue weighted by Gasteiger charge is 2.33. The van der Waals surface area contributed by atoms with Gasteiger partial charge < -0.3 is 91.3 Å². The Kier molecular flexibility index (Phi) is 42.1. The van der Waals surface area contributed by atoms with E-state index in [0.717, 1.165) is 0 Å². The largest absolute Gasteiger partial charge is 0.390 e. The van der Waals surface area contributed by atoms with Crippen molar-refractivity contribution in [2.45, 2.75) is 157 Å². The van der Waals surface area contributed by atoms with Gasteiger partial charge in [-0.25, -0.2) is 28.1 Å². The van der Waals surface area contributed by atoms with Crippen molar-refractivity contribution < 1.29 is 72.9 Å². The van der Waals surface area contributed by atoms with Crippen LogP contribution in [0.25, 0.3) is 0 Å². The van der Waals surface area contributed by atoms with Gasteiger partial charge in [0.1, 0.15) is 0 Å². The molecule has 7 rings (SSSR count). The number of aliphatic hydroxyl groups excluding tert-OH is 3. The van der Waals surface area contributed by atoms with Crippen molar-refractivity contribution in [2.24, 2.45) is 35.5 Å². The topological polar surface area (TPSA) is 433 Å². The van der Waals surface area contributed by atoms with Crippen molar-refractivity contribution in [1.82, 2.24) is 89.7 Å². The summed E-state index contributed by atoms with van der Waals surface area (Å²) in [7, 11) is 0. The van der Waals surface area contributed by atoms with Crippen LogP contribution in [0.2, 0.25) is 0 Å². The Bertz CT molecular complexity index is 3100. The highest BCUT2D eigenvalue weighted by atomic mass is 32.2. The summed E-state index contributed by atoms with van der Waals surface area (Å²) in [5.41, 5.74) is -3.36. The second kappa shape index (κ2) is 50.8. The zero-order chi connectivity index (χ0) is 85.1. The average Bonchev–Trinajstić information content (AvgIpc) is 1.75. The minimum Gasteiger partial charge on any atom is -0.390 e. The molecule has 0 spiro atoms. The van der Waals surface area contributed by atoms with Crippen LogP contribution in [0.4, 0.5) is 0 Å². The first-order valence-electron chi connectivity index (χ1n) is 42.0. The predicted octanol–water partition coefficient (Wildman–Crippen LogP) is -3.39. The number of nitrogens with zero attached hydrogens (tertiary/aromatic N) is 12. The third kappa shape index (κ3) is 35.2. The molecule has 12 amide bonds. The lowest BCUT2D eigenvalue weighted by atomic mass is 10.2. The number of thioether (sulfide) groups is 3. The second-order valence-corrected chi connectivity index (χ2v) is 36.3. The van der Waals surface area contributed by atoms with Crippen molar-refractivity contribution in [3.05, 3.63) is 31.5 Å². The van der Waals surface area contributed by atoms with E-state index >= 15 is 0 Å². The van der Waals surface area contributed by atoms with E-state index in [1.165, 1.54) is 35.3 Å². The monoisotopic (exact) mass is 1700 g/mol. The normalized spacial score (nSPS) is 20.5. The number of aliphatic hydroxyl groups is 3. The van der Waals surface area contributed by atoms with Gasteiger partial charge in [-0.2, -0.15) is 35.3 Å². The van der Waals surface area contributed by atoms with Crippen LogP contribution in [0.15, 0.2) is 14.4 Å². The van der Waals surface area contributed by atoms with Crippen LogP contribution in [0, 0.1) is 35.5 Å². The average molecular weight is 1710 g/mol. The molecule has 0 bridgehead atoms. The first-order valence-corrected chi connectivity index (χ1v) is 45.5. The highest BCUT2D eigenvalue weighted by molar-refractivity contribution is 7.99. The number of hydrogen-bond donors (Lipinski definition) is 9. The van der Waals surface area contributed by atoms with Gasteiger partial charge in [0.25, 0.3) is 0 Å². The van der Waals surface area contributed by atoms with Crippen molar-refractivity contribution in [2.75, 3.05) is 211 Å². The predicted molar refractivity (Wildman–Crippen MR) is 446 cm³/mol. The minimum absolute atomic E-state index is 0.0278. The molecule has 9 unspecified atom stereocenters. The molecule has 0 saturated carbocycles. The maximum Gasteiger partial charge on any atom is 0.336 e. The van der Waals surface area contributed by atoms with E-state index < -0.39 is 55.0 Å². The van der Waals surface area contributed by atoms with Crippen LogP contribution in [-0.2, 0) is 77.2 Å². The Hall–Kier alpha value is -7.14. The lowest BCUT2D eigenvalue weighted by molar-refractivity contribution is -0.128. The van der Waals surface area contributed by atoms with E-state index in [9.17, 15) is 87.2 Å². The van der Waals surface area contributed by atoms with Gasteiger partial charge in [-0.1, -0.05) is 41.5 Å². The van der Waals surface area contributed by atoms with E-state index in [2.05, 4.69) is 31.9 Å². The van der Waals surface area contributed by atoms with Gasteiger partial charge in [0.2, 0.25) is 70.9 Å². The Balaban J connectivity index is 0.994. The van der Waals surface area contributed by atoms with Crippen molar-refractivity contribution in [1.29, 1.82) is 0 Å². The summed E-state index contributed by atoms with van der Waals surface area (Å²) in [5, 5.41) is 52.3. The van der Waals surface area contributed by atoms with Crippen LogP contribution in [0.5, 0.6) is 0 Å². The fourth-order valence-electron chi connectivity index (χ4n) is 15.4. The van der Waals surface area contributed by atoms with Crippen LogP contribution < -0.4 is 49.0 Å². The summed E-state index contributed by atoms with van der Waals surface area (Å²) in [6, 6.07) is 0. The third-order valence-corrected chi connectivity index (χ3v) is 25.0. The summed E-state index contributed by atoms with van der Waals surface area (Å²) in [4.78, 5) is 213. The van der Waals surface area contributed by atoms with E-state index in [1.807, 2.05) is 56.2 Å². The zero-order valence-electron chi connectivity index (χ0n) is 69.7. The van der Waals surface area contributed by atoms with Crippen LogP contribution in [0.1, 0.15) is 119 Å². The molecular weight excluding hydrogens is 1570 g/mol. The van der Waals surface area contributed by atoms with Crippen LogP contribution >= 0.6 is 35.3 Å². The fraction of sp³-hybridized carbons (Fsp3) is 0.808. The Morgan fingerprint density at radius 1 is 0.308 bits per heavy atom. The van der Waals surface area contributed by atoms with E-state index in [-0.39, 0.29) is 241 Å². The number of rotatable bonds is 57. The highest BCUT2D eigenvalue weighted by Crippen LogP contribution is 2.21. The van der Waals surface area contributed by atoms with Crippen LogP contribution in [0.3, 0.4) is 0 Å². The zero-order valence-corrected chi connectivity index (χ0v) is 72.1. The smallest absolute Gasteiger partial charge is 0.336 e. The molecule has 6 fully saturated rings. The molecule has 9 atom stereocenters. The minimum atomic E-state index is -1.37. The molecule has 1 aromatic rings. The fourth-order valence-corrected chi connectivity index (χ4v) is 18.2. The van der Waals surface area contributed by atoms with E-state index in [1.54, 1.807) is 29.4 Å². The molecule has 6 aliphatic rings. The van der Waals surface area contributed by atoms with Gasteiger partial charge in [0, 0.05) is 288 Å². The van der Waals surface area contributed by atoms with Crippen molar-refractivity contribution in [3.63, 3.8) is 0 Å². The number of carbonyl (C=O) groups is 12. The molecule has 1 aromatic heterocycles. The van der Waals surface area contributed by atoms with Crippen molar-refractivity contribution >= 4 is 106 Å². The van der Waals surface area contributed by atoms with Gasteiger partial charge in [-0.15, -0.1) is 0 Å². The molecule has 0 aliphatic carbocycles. The second-order valence-electron chi connectivity index (χ2n) is 32.9. The van der Waals surface area contributed by atoms with Crippen molar-refractivity contribution in [3.8, 4) is 0 Å². The summed E-state index contributed by atoms with van der Waals surface area (Å²) in [6.07, 6.45) is -0.847. The Morgan fingerprint density at radius 2 is 0.479 bits per heavy atom. The molecule has 9 N–H and O–H groups in total. The van der Waals surface area contributed by atoms with E-state index in [0.29, 0.717) is 168 Å². The Labute approximate surface area is 699 Å². The molecule has 7 heterocycles. The molecule has 0 radical (unpaired) electrons. The third-order valence-electron chi connectivity index (χ3n) is 21.8. The SMILES string of the molecule is CC1CC(=O)N(CCNC(=O)CCN(CCSCC(O)Cn2c(=O)n(CC(O)CSCCN(CCC(=O)NCCN3CC(C)CC3=O)CCC(=O)NCCN3CC(C)CC3=O)c(=O)n(CC(O)CSCCN(CCC(=O)NCCN3CC(C)CC3=O)CCC(=O)NCCN3CC(C)CC3=O)c2=O)CCC(=O)NCCN2CC(C)CC2=O)C1. The first-order chi connectivity index (χ1) is 55.9. The van der Waals surface area contributed by atoms with Gasteiger partial charge in [0.15, 0.2) is 0 Å². The first kappa shape index (κ1) is 97.0. The molecule has 39 heteroatoms. The maximum atomic E-state index is 14.5. The lowest BCUT2D eigenvalue weighted by Crippen LogP contribution is -2.57. The van der Waals surface area contributed by atoms with Gasteiger partial charge in [0.05, 0.1) is 37.9 Å². The molecule has 6 aliphatic heterocycles. The molecule has 6 saturated heterocycles. The maximum absolute atomic E-state index is 14.5. The number of nitrogens with one attached hydrogen (secondary N) is 6. The number of likely N-dealkylation sites (tertiary alicyclic amines) is 6. The lowest BCUT2D eigenvalue weighted by Gasteiger charge is -2.23. The van der Waals surface area contributed by atoms with Crippen LogP contribution in [-0.4, -0.2) is 374 Å². The molecule has 117 heavy (non-hydrogen) atoms. The number of carbonyl (C=O) groups excluding carboxylic acids is 12. The number of aromatic nitrogens is 3. The Morgan fingerprint density at radius 3 is 0.632 bits per heavy atom. The van der Waals surface area contributed by atoms with Gasteiger partial charge in [-0.05, 0) is 35.5 Å². The number of amides is 12. The molecule has 0 aromatic carbocycles. The molecule has 36 nitrogen and oxygen atoms in total. The quantitative estimate of drug-likeness (QED) is 0.0287. The molecular formula is C78H132N18O18S3. The summed E-state index contributed by atoms with van der Waals surface area (Å²) < 4.78 is 2.09. The summed E-state index contributed by atoms with van der Waals surface area (Å²) in [5.74, 6) is 1.18. The van der Waals surface area contributed by atoms with Gasteiger partial charge >= 0.3 is 17.1 Å². The van der Waals surface area contributed by atoms with Gasteiger partial charge in [-0.3, -0.25) is 57.5 Å². The van der Waals surface area contributed by atoms with E-state index in [4.69, 9.17) is 0 Å².